The second-order valence-corrected chi connectivity index (χ2v) is 10.7. The van der Waals surface area contributed by atoms with Crippen molar-refractivity contribution in [3.8, 4) is 11.1 Å². The molecule has 0 bridgehead atoms. The number of benzene rings is 2. The number of ketones is 1. The Hall–Kier alpha value is -4.09. The van der Waals surface area contributed by atoms with Crippen LogP contribution in [0, 0.1) is 0 Å². The molecule has 2 aromatic carbocycles. The standard InChI is InChI=1S/C23H16N4O5S2/c28-23-19-13-15(33(29,30)26-21-5-1-3-11-24-21)7-9-17(19)18-10-8-16(14-20(18)23)34(31,32)27-22-6-2-4-12-25-22/h1-14H,(H,24,26)(H,25,27). The van der Waals surface area contributed by atoms with Crippen LogP contribution in [0.3, 0.4) is 0 Å². The molecule has 4 aromatic rings. The van der Waals surface area contributed by atoms with E-state index in [0.717, 1.165) is 0 Å². The fourth-order valence-corrected chi connectivity index (χ4v) is 5.68. The Morgan fingerprint density at radius 1 is 0.559 bits per heavy atom. The molecule has 1 aliphatic rings. The third-order valence-electron chi connectivity index (χ3n) is 5.19. The highest BCUT2D eigenvalue weighted by Gasteiger charge is 2.30. The molecule has 0 fully saturated rings. The van der Waals surface area contributed by atoms with Gasteiger partial charge in [-0.15, -0.1) is 0 Å². The molecule has 0 amide bonds. The average Bonchev–Trinajstić information content (AvgIpc) is 3.11. The van der Waals surface area contributed by atoms with Gasteiger partial charge in [-0.1, -0.05) is 24.3 Å². The van der Waals surface area contributed by atoms with Gasteiger partial charge in [0.25, 0.3) is 20.0 Å². The van der Waals surface area contributed by atoms with Crippen molar-refractivity contribution in [2.24, 2.45) is 0 Å². The molecule has 0 saturated carbocycles. The Bertz CT molecular complexity index is 1520. The van der Waals surface area contributed by atoms with Gasteiger partial charge in [-0.2, -0.15) is 0 Å². The lowest BCUT2D eigenvalue weighted by Gasteiger charge is -2.09. The molecular formula is C23H16N4O5S2. The van der Waals surface area contributed by atoms with E-state index in [4.69, 9.17) is 0 Å². The Morgan fingerprint density at radius 3 is 1.38 bits per heavy atom. The number of rotatable bonds is 6. The van der Waals surface area contributed by atoms with Crippen LogP contribution < -0.4 is 9.44 Å². The Morgan fingerprint density at radius 2 is 1.00 bits per heavy atom. The van der Waals surface area contributed by atoms with Crippen molar-refractivity contribution in [3.05, 3.63) is 96.3 Å². The maximum Gasteiger partial charge on any atom is 0.263 e. The number of nitrogens with one attached hydrogen (secondary N) is 2. The Labute approximate surface area is 195 Å². The summed E-state index contributed by atoms with van der Waals surface area (Å²) in [4.78, 5) is 20.8. The maximum absolute atomic E-state index is 13.1. The number of pyridine rings is 2. The van der Waals surface area contributed by atoms with E-state index in [0.29, 0.717) is 11.1 Å². The van der Waals surface area contributed by atoms with Crippen LogP contribution in [0.2, 0.25) is 0 Å². The first-order valence-corrected chi connectivity index (χ1v) is 12.9. The van der Waals surface area contributed by atoms with Crippen LogP contribution in [-0.2, 0) is 20.0 Å². The molecule has 9 nitrogen and oxygen atoms in total. The lowest BCUT2D eigenvalue weighted by Crippen LogP contribution is -2.14. The lowest BCUT2D eigenvalue weighted by atomic mass is 10.1. The summed E-state index contributed by atoms with van der Waals surface area (Å²) in [6.07, 6.45) is 2.91. The number of nitrogens with zero attached hydrogens (tertiary/aromatic N) is 2. The minimum absolute atomic E-state index is 0.109. The van der Waals surface area contributed by atoms with Crippen molar-refractivity contribution in [3.63, 3.8) is 0 Å². The van der Waals surface area contributed by atoms with E-state index in [1.54, 1.807) is 24.3 Å². The van der Waals surface area contributed by atoms with Gasteiger partial charge in [0.1, 0.15) is 11.6 Å². The normalized spacial score (nSPS) is 12.6. The first-order chi connectivity index (χ1) is 16.2. The number of carbonyl (C=O) groups excluding carboxylic acids is 1. The summed E-state index contributed by atoms with van der Waals surface area (Å²) < 4.78 is 55.9. The van der Waals surface area contributed by atoms with Gasteiger partial charge in [0.2, 0.25) is 0 Å². The fourth-order valence-electron chi connectivity index (χ4n) is 3.61. The number of sulfonamides is 2. The van der Waals surface area contributed by atoms with Gasteiger partial charge in [-0.05, 0) is 59.7 Å². The largest absolute Gasteiger partial charge is 0.289 e. The van der Waals surface area contributed by atoms with E-state index in [-0.39, 0.29) is 32.6 Å². The topological polar surface area (TPSA) is 135 Å². The summed E-state index contributed by atoms with van der Waals surface area (Å²) in [5.41, 5.74) is 1.40. The summed E-state index contributed by atoms with van der Waals surface area (Å²) in [5, 5.41) is 0. The van der Waals surface area contributed by atoms with Crippen LogP contribution in [-0.4, -0.2) is 32.6 Å². The van der Waals surface area contributed by atoms with E-state index in [9.17, 15) is 21.6 Å². The molecule has 170 valence electrons. The van der Waals surface area contributed by atoms with E-state index in [2.05, 4.69) is 19.4 Å². The van der Waals surface area contributed by atoms with Gasteiger partial charge in [-0.25, -0.2) is 26.8 Å². The third-order valence-corrected chi connectivity index (χ3v) is 7.89. The molecule has 0 saturated heterocycles. The van der Waals surface area contributed by atoms with Crippen molar-refractivity contribution in [1.29, 1.82) is 0 Å². The zero-order chi connectivity index (χ0) is 23.9. The van der Waals surface area contributed by atoms with Gasteiger partial charge in [0.15, 0.2) is 5.78 Å². The molecule has 34 heavy (non-hydrogen) atoms. The van der Waals surface area contributed by atoms with Crippen LogP contribution in [0.5, 0.6) is 0 Å². The highest BCUT2D eigenvalue weighted by Crippen LogP contribution is 2.39. The number of aromatic nitrogens is 2. The number of hydrogen-bond donors (Lipinski definition) is 2. The summed E-state index contributed by atoms with van der Waals surface area (Å²) >= 11 is 0. The smallest absolute Gasteiger partial charge is 0.263 e. The highest BCUT2D eigenvalue weighted by molar-refractivity contribution is 7.93. The first-order valence-electron chi connectivity index (χ1n) is 9.95. The third kappa shape index (κ3) is 3.91. The van der Waals surface area contributed by atoms with Gasteiger partial charge < -0.3 is 0 Å². The van der Waals surface area contributed by atoms with Gasteiger partial charge in [0, 0.05) is 23.5 Å². The predicted molar refractivity (Wildman–Crippen MR) is 125 cm³/mol. The summed E-state index contributed by atoms with van der Waals surface area (Å²) in [6.45, 7) is 0. The van der Waals surface area contributed by atoms with Gasteiger partial charge in [-0.3, -0.25) is 14.2 Å². The van der Waals surface area contributed by atoms with Crippen molar-refractivity contribution in [1.82, 2.24) is 9.97 Å². The zero-order valence-corrected chi connectivity index (χ0v) is 19.0. The summed E-state index contributed by atoms with van der Waals surface area (Å²) in [5.74, 6) is -0.171. The molecule has 2 N–H and O–H groups in total. The molecule has 1 aliphatic carbocycles. The molecular weight excluding hydrogens is 476 g/mol. The van der Waals surface area contributed by atoms with Gasteiger partial charge in [0.05, 0.1) is 9.79 Å². The lowest BCUT2D eigenvalue weighted by molar-refractivity contribution is 0.104. The fraction of sp³-hybridized carbons (Fsp3) is 0. The number of hydrogen-bond acceptors (Lipinski definition) is 7. The Balaban J connectivity index is 1.48. The SMILES string of the molecule is O=C1c2cc(S(=O)(=O)Nc3ccccn3)ccc2-c2ccc(S(=O)(=O)Nc3ccccn3)cc21. The van der Waals surface area contributed by atoms with Crippen molar-refractivity contribution >= 4 is 37.5 Å². The minimum atomic E-state index is -3.99. The molecule has 11 heteroatoms. The van der Waals surface area contributed by atoms with Crippen LogP contribution in [0.1, 0.15) is 15.9 Å². The van der Waals surface area contributed by atoms with Gasteiger partial charge >= 0.3 is 0 Å². The molecule has 2 heterocycles. The first kappa shape index (κ1) is 21.7. The average molecular weight is 493 g/mol. The van der Waals surface area contributed by atoms with Crippen LogP contribution in [0.4, 0.5) is 11.6 Å². The number of carbonyl (C=O) groups is 1. The second kappa shape index (κ2) is 8.04. The quantitative estimate of drug-likeness (QED) is 0.371. The van der Waals surface area contributed by atoms with Crippen LogP contribution in [0.15, 0.2) is 95.0 Å². The van der Waals surface area contributed by atoms with Crippen molar-refractivity contribution < 1.29 is 21.6 Å². The molecule has 0 aliphatic heterocycles. The number of fused-ring (bicyclic) bond motifs is 3. The van der Waals surface area contributed by atoms with Crippen LogP contribution >= 0.6 is 0 Å². The minimum Gasteiger partial charge on any atom is -0.289 e. The molecule has 0 spiro atoms. The maximum atomic E-state index is 13.1. The summed E-state index contributed by atoms with van der Waals surface area (Å²) in [7, 11) is -7.98. The van der Waals surface area contributed by atoms with Crippen molar-refractivity contribution in [2.45, 2.75) is 9.79 Å². The van der Waals surface area contributed by atoms with E-state index < -0.39 is 25.8 Å². The molecule has 5 rings (SSSR count). The van der Waals surface area contributed by atoms with E-state index in [1.807, 2.05) is 0 Å². The molecule has 0 unspecified atom stereocenters. The van der Waals surface area contributed by atoms with E-state index >= 15 is 0 Å². The highest BCUT2D eigenvalue weighted by atomic mass is 32.2. The molecule has 2 aromatic heterocycles. The van der Waals surface area contributed by atoms with E-state index in [1.165, 1.54) is 60.9 Å². The zero-order valence-electron chi connectivity index (χ0n) is 17.3. The Kier molecular flexibility index (Phi) is 5.14. The van der Waals surface area contributed by atoms with Crippen LogP contribution in [0.25, 0.3) is 11.1 Å². The van der Waals surface area contributed by atoms with Crippen molar-refractivity contribution in [2.75, 3.05) is 9.44 Å². The molecule has 0 radical (unpaired) electrons. The molecule has 0 atom stereocenters. The monoisotopic (exact) mass is 492 g/mol. The second-order valence-electron chi connectivity index (χ2n) is 7.38. The summed E-state index contributed by atoms with van der Waals surface area (Å²) in [6, 6.07) is 18.0. The predicted octanol–water partition coefficient (Wildman–Crippen LogP) is 3.29. The number of anilines is 2.